The Kier molecular flexibility index (Phi) is 3.96. The first-order valence-corrected chi connectivity index (χ1v) is 4.69. The fourth-order valence-corrected chi connectivity index (χ4v) is 1.14. The summed E-state index contributed by atoms with van der Waals surface area (Å²) in [4.78, 5) is 12.7. The van der Waals surface area contributed by atoms with Gasteiger partial charge in [0, 0.05) is 37.5 Å². The van der Waals surface area contributed by atoms with Crippen LogP contribution in [0.3, 0.4) is 0 Å². The van der Waals surface area contributed by atoms with Crippen molar-refractivity contribution in [2.24, 2.45) is 0 Å². The maximum absolute atomic E-state index is 11.5. The van der Waals surface area contributed by atoms with E-state index in [1.165, 1.54) is 24.1 Å². The molecular formula is C10H14N2O4. The molecule has 0 radical (unpaired) electrons. The summed E-state index contributed by atoms with van der Waals surface area (Å²) in [6.45, 7) is 0.0752. The first-order valence-electron chi connectivity index (χ1n) is 4.69. The Balaban J connectivity index is 2.69. The number of hydrogen-bond acceptors (Lipinski definition) is 4. The smallest absolute Gasteiger partial charge is 0.321 e. The molecule has 0 heterocycles. The summed E-state index contributed by atoms with van der Waals surface area (Å²) in [6, 6.07) is 3.35. The van der Waals surface area contributed by atoms with E-state index in [2.05, 4.69) is 5.32 Å². The number of benzene rings is 1. The number of phenols is 2. The van der Waals surface area contributed by atoms with Crippen LogP contribution >= 0.6 is 0 Å². The van der Waals surface area contributed by atoms with Gasteiger partial charge in [-0.15, -0.1) is 0 Å². The maximum atomic E-state index is 11.5. The number of carbonyl (C=O) groups excluding carboxylic acids is 1. The van der Waals surface area contributed by atoms with Crippen LogP contribution in [0.2, 0.25) is 0 Å². The van der Waals surface area contributed by atoms with Gasteiger partial charge >= 0.3 is 6.03 Å². The first kappa shape index (κ1) is 12.1. The standard InChI is InChI=1S/C10H14N2O4/c1-12(2-3-13)10(16)11-7-4-8(14)6-9(15)5-7/h4-6,13-15H,2-3H2,1H3,(H,11,16). The highest BCUT2D eigenvalue weighted by atomic mass is 16.3. The molecule has 1 aromatic rings. The number of hydrogen-bond donors (Lipinski definition) is 4. The lowest BCUT2D eigenvalue weighted by Gasteiger charge is -2.16. The number of aliphatic hydroxyl groups excluding tert-OH is 1. The number of rotatable bonds is 3. The lowest BCUT2D eigenvalue weighted by Crippen LogP contribution is -2.33. The highest BCUT2D eigenvalue weighted by molar-refractivity contribution is 5.89. The van der Waals surface area contributed by atoms with E-state index >= 15 is 0 Å². The van der Waals surface area contributed by atoms with Crippen LogP contribution in [0.4, 0.5) is 10.5 Å². The molecule has 4 N–H and O–H groups in total. The van der Waals surface area contributed by atoms with E-state index < -0.39 is 6.03 Å². The van der Waals surface area contributed by atoms with Gasteiger partial charge in [0.1, 0.15) is 11.5 Å². The summed E-state index contributed by atoms with van der Waals surface area (Å²) < 4.78 is 0. The second-order valence-electron chi connectivity index (χ2n) is 3.31. The van der Waals surface area contributed by atoms with E-state index in [9.17, 15) is 15.0 Å². The van der Waals surface area contributed by atoms with Gasteiger partial charge in [-0.1, -0.05) is 0 Å². The molecule has 0 aliphatic rings. The molecule has 6 nitrogen and oxygen atoms in total. The molecule has 0 aliphatic heterocycles. The monoisotopic (exact) mass is 226 g/mol. The van der Waals surface area contributed by atoms with Crippen molar-refractivity contribution in [3.63, 3.8) is 0 Å². The molecular weight excluding hydrogens is 212 g/mol. The number of anilines is 1. The van der Waals surface area contributed by atoms with Crippen LogP contribution in [0, 0.1) is 0 Å². The number of urea groups is 1. The molecule has 2 amide bonds. The largest absolute Gasteiger partial charge is 0.508 e. The molecule has 88 valence electrons. The molecule has 16 heavy (non-hydrogen) atoms. The van der Waals surface area contributed by atoms with Crippen LogP contribution < -0.4 is 5.32 Å². The minimum Gasteiger partial charge on any atom is -0.508 e. The summed E-state index contributed by atoms with van der Waals surface area (Å²) in [5.41, 5.74) is 0.285. The van der Waals surface area contributed by atoms with Crippen LogP contribution in [-0.2, 0) is 0 Å². The third-order valence-corrected chi connectivity index (χ3v) is 1.94. The predicted molar refractivity (Wildman–Crippen MR) is 58.5 cm³/mol. The van der Waals surface area contributed by atoms with E-state index in [1.54, 1.807) is 0 Å². The van der Waals surface area contributed by atoms with Gasteiger partial charge in [-0.3, -0.25) is 0 Å². The number of aliphatic hydroxyl groups is 1. The second-order valence-corrected chi connectivity index (χ2v) is 3.31. The van der Waals surface area contributed by atoms with Gasteiger partial charge in [0.15, 0.2) is 0 Å². The molecule has 0 saturated carbocycles. The summed E-state index contributed by atoms with van der Waals surface area (Å²) in [6.07, 6.45) is 0. The van der Waals surface area contributed by atoms with Crippen LogP contribution in [0.25, 0.3) is 0 Å². The van der Waals surface area contributed by atoms with Gasteiger partial charge in [-0.2, -0.15) is 0 Å². The molecule has 6 heteroatoms. The molecule has 0 bridgehead atoms. The number of amides is 2. The zero-order valence-electron chi connectivity index (χ0n) is 8.84. The van der Waals surface area contributed by atoms with Crippen molar-refractivity contribution in [1.29, 1.82) is 0 Å². The highest BCUT2D eigenvalue weighted by Gasteiger charge is 2.08. The zero-order chi connectivity index (χ0) is 12.1. The van der Waals surface area contributed by atoms with Crippen molar-refractivity contribution in [2.75, 3.05) is 25.5 Å². The van der Waals surface area contributed by atoms with Crippen molar-refractivity contribution >= 4 is 11.7 Å². The average Bonchev–Trinajstić information content (AvgIpc) is 2.16. The van der Waals surface area contributed by atoms with Crippen molar-refractivity contribution in [3.05, 3.63) is 18.2 Å². The van der Waals surface area contributed by atoms with Crippen LogP contribution in [0.1, 0.15) is 0 Å². The third-order valence-electron chi connectivity index (χ3n) is 1.94. The Morgan fingerprint density at radius 1 is 1.31 bits per heavy atom. The maximum Gasteiger partial charge on any atom is 0.321 e. The van der Waals surface area contributed by atoms with Gasteiger partial charge in [-0.25, -0.2) is 4.79 Å². The number of phenolic OH excluding ortho intramolecular Hbond substituents is 2. The van der Waals surface area contributed by atoms with Gasteiger partial charge in [0.2, 0.25) is 0 Å². The minimum atomic E-state index is -0.431. The summed E-state index contributed by atoms with van der Waals surface area (Å²) >= 11 is 0. The summed E-state index contributed by atoms with van der Waals surface area (Å²) in [5, 5.41) is 29.5. The van der Waals surface area contributed by atoms with Crippen molar-refractivity contribution < 1.29 is 20.1 Å². The number of nitrogens with zero attached hydrogens (tertiary/aromatic N) is 1. The molecule has 0 aliphatic carbocycles. The molecule has 0 atom stereocenters. The quantitative estimate of drug-likeness (QED) is 0.605. The molecule has 0 spiro atoms. The zero-order valence-corrected chi connectivity index (χ0v) is 8.84. The molecule has 0 unspecified atom stereocenters. The number of aromatic hydroxyl groups is 2. The number of nitrogens with one attached hydrogen (secondary N) is 1. The normalized spacial score (nSPS) is 9.88. The van der Waals surface area contributed by atoms with Crippen molar-refractivity contribution in [2.45, 2.75) is 0 Å². The van der Waals surface area contributed by atoms with E-state index in [4.69, 9.17) is 5.11 Å². The molecule has 0 fully saturated rings. The average molecular weight is 226 g/mol. The Morgan fingerprint density at radius 3 is 2.38 bits per heavy atom. The van der Waals surface area contributed by atoms with Gasteiger partial charge in [0.05, 0.1) is 6.61 Å². The van der Waals surface area contributed by atoms with Gasteiger partial charge in [-0.05, 0) is 0 Å². The van der Waals surface area contributed by atoms with E-state index in [0.717, 1.165) is 6.07 Å². The van der Waals surface area contributed by atoms with Gasteiger partial charge < -0.3 is 25.5 Å². The Labute approximate surface area is 92.7 Å². The van der Waals surface area contributed by atoms with E-state index in [-0.39, 0.29) is 30.3 Å². The topological polar surface area (TPSA) is 93.0 Å². The molecule has 1 aromatic carbocycles. The fourth-order valence-electron chi connectivity index (χ4n) is 1.14. The summed E-state index contributed by atoms with van der Waals surface area (Å²) in [7, 11) is 1.52. The van der Waals surface area contributed by atoms with Crippen molar-refractivity contribution in [1.82, 2.24) is 4.90 Å². The summed E-state index contributed by atoms with van der Waals surface area (Å²) in [5.74, 6) is -0.278. The van der Waals surface area contributed by atoms with Crippen LogP contribution in [0.15, 0.2) is 18.2 Å². The van der Waals surface area contributed by atoms with E-state index in [1.807, 2.05) is 0 Å². The SMILES string of the molecule is CN(CCO)C(=O)Nc1cc(O)cc(O)c1. The predicted octanol–water partition coefficient (Wildman–Crippen LogP) is 0.554. The minimum absolute atomic E-state index is 0.130. The Hall–Kier alpha value is -1.95. The van der Waals surface area contributed by atoms with Gasteiger partial charge in [0.25, 0.3) is 0 Å². The molecule has 1 rings (SSSR count). The molecule has 0 aromatic heterocycles. The lowest BCUT2D eigenvalue weighted by molar-refractivity contribution is 0.202. The highest BCUT2D eigenvalue weighted by Crippen LogP contribution is 2.23. The van der Waals surface area contributed by atoms with Crippen LogP contribution in [0.5, 0.6) is 11.5 Å². The second kappa shape index (κ2) is 5.22. The van der Waals surface area contributed by atoms with E-state index in [0.29, 0.717) is 0 Å². The number of carbonyl (C=O) groups is 1. The number of likely N-dealkylation sites (N-methyl/N-ethyl adjacent to an activating group) is 1. The molecule has 0 saturated heterocycles. The van der Waals surface area contributed by atoms with Crippen LogP contribution in [-0.4, -0.2) is 46.4 Å². The van der Waals surface area contributed by atoms with Crippen molar-refractivity contribution in [3.8, 4) is 11.5 Å². The Bertz CT molecular complexity index is 361. The third kappa shape index (κ3) is 3.32. The Morgan fingerprint density at radius 2 is 1.88 bits per heavy atom. The fraction of sp³-hybridized carbons (Fsp3) is 0.300. The lowest BCUT2D eigenvalue weighted by atomic mass is 10.3. The first-order chi connectivity index (χ1) is 7.52.